The molecule has 5 heteroatoms. The van der Waals surface area contributed by atoms with Gasteiger partial charge in [-0.3, -0.25) is 9.78 Å². The average Bonchev–Trinajstić information content (AvgIpc) is 2.49. The summed E-state index contributed by atoms with van der Waals surface area (Å²) in [5.41, 5.74) is 1.37. The number of rotatable bonds is 9. The van der Waals surface area contributed by atoms with E-state index in [2.05, 4.69) is 36.4 Å². The summed E-state index contributed by atoms with van der Waals surface area (Å²) in [5.74, 6) is -0.138. The van der Waals surface area contributed by atoms with Crippen molar-refractivity contribution in [1.82, 2.24) is 10.3 Å². The highest BCUT2D eigenvalue weighted by Crippen LogP contribution is 2.19. The molecule has 0 atom stereocenters. The van der Waals surface area contributed by atoms with E-state index in [1.807, 2.05) is 6.07 Å². The largest absolute Gasteiger partial charge is 0.385 e. The summed E-state index contributed by atoms with van der Waals surface area (Å²) in [7, 11) is 1.69. The van der Waals surface area contributed by atoms with Gasteiger partial charge in [0.25, 0.3) is 5.91 Å². The lowest BCUT2D eigenvalue weighted by Gasteiger charge is -2.24. The molecule has 0 aliphatic carbocycles. The monoisotopic (exact) mass is 293 g/mol. The van der Waals surface area contributed by atoms with Crippen LogP contribution in [0.15, 0.2) is 18.3 Å². The first kappa shape index (κ1) is 17.4. The predicted octanol–water partition coefficient (Wildman–Crippen LogP) is 2.70. The first-order valence-electron chi connectivity index (χ1n) is 7.45. The van der Waals surface area contributed by atoms with Crippen molar-refractivity contribution in [3.05, 3.63) is 24.0 Å². The fourth-order valence-electron chi connectivity index (χ4n) is 1.81. The second-order valence-electron chi connectivity index (χ2n) is 5.95. The number of aromatic nitrogens is 1. The second-order valence-corrected chi connectivity index (χ2v) is 5.95. The van der Waals surface area contributed by atoms with Crippen molar-refractivity contribution in [3.8, 4) is 0 Å². The number of amides is 1. The molecule has 1 aromatic heterocycles. The maximum Gasteiger partial charge on any atom is 0.269 e. The number of nitrogens with zero attached hydrogens (tertiary/aromatic N) is 1. The number of methoxy groups -OCH3 is 1. The molecule has 5 nitrogen and oxygen atoms in total. The van der Waals surface area contributed by atoms with E-state index in [1.54, 1.807) is 19.4 Å². The summed E-state index contributed by atoms with van der Waals surface area (Å²) in [6.45, 7) is 8.50. The smallest absolute Gasteiger partial charge is 0.269 e. The van der Waals surface area contributed by atoms with Gasteiger partial charge in [0.05, 0.1) is 0 Å². The van der Waals surface area contributed by atoms with Crippen LogP contribution in [0.25, 0.3) is 0 Å². The van der Waals surface area contributed by atoms with Crippen LogP contribution in [-0.2, 0) is 4.74 Å². The van der Waals surface area contributed by atoms with Crippen LogP contribution in [0.4, 0.5) is 5.69 Å². The highest BCUT2D eigenvalue weighted by atomic mass is 16.5. The zero-order chi connectivity index (χ0) is 15.7. The van der Waals surface area contributed by atoms with Crippen molar-refractivity contribution >= 4 is 11.6 Å². The van der Waals surface area contributed by atoms with Crippen LogP contribution >= 0.6 is 0 Å². The molecule has 2 N–H and O–H groups in total. The fourth-order valence-corrected chi connectivity index (χ4v) is 1.81. The van der Waals surface area contributed by atoms with Crippen molar-refractivity contribution in [2.24, 2.45) is 5.41 Å². The summed E-state index contributed by atoms with van der Waals surface area (Å²) in [4.78, 5) is 16.3. The van der Waals surface area contributed by atoms with E-state index in [0.29, 0.717) is 18.8 Å². The van der Waals surface area contributed by atoms with Gasteiger partial charge in [-0.2, -0.15) is 0 Å². The van der Waals surface area contributed by atoms with Crippen LogP contribution in [-0.4, -0.2) is 37.7 Å². The van der Waals surface area contributed by atoms with Gasteiger partial charge in [0.15, 0.2) is 0 Å². The average molecular weight is 293 g/mol. The highest BCUT2D eigenvalue weighted by Gasteiger charge is 2.19. The molecule has 21 heavy (non-hydrogen) atoms. The number of hydrogen-bond donors (Lipinski definition) is 2. The molecule has 1 rings (SSSR count). The predicted molar refractivity (Wildman–Crippen MR) is 85.6 cm³/mol. The third-order valence-corrected chi connectivity index (χ3v) is 3.28. The molecular formula is C16H27N3O2. The molecular weight excluding hydrogens is 266 g/mol. The Morgan fingerprint density at radius 3 is 2.86 bits per heavy atom. The molecule has 0 bridgehead atoms. The quantitative estimate of drug-likeness (QED) is 0.735. The molecule has 0 saturated heterocycles. The lowest BCUT2D eigenvalue weighted by Crippen LogP contribution is -2.35. The lowest BCUT2D eigenvalue weighted by atomic mass is 9.89. The Hall–Kier alpha value is -1.62. The maximum absolute atomic E-state index is 12.2. The third-order valence-electron chi connectivity index (χ3n) is 3.28. The number of carbonyl (C=O) groups excluding carboxylic acids is 1. The van der Waals surface area contributed by atoms with Crippen molar-refractivity contribution in [2.45, 2.75) is 33.6 Å². The molecule has 0 spiro atoms. The van der Waals surface area contributed by atoms with Gasteiger partial charge in [-0.15, -0.1) is 0 Å². The first-order chi connectivity index (χ1) is 9.98. The van der Waals surface area contributed by atoms with Crippen molar-refractivity contribution in [2.75, 3.05) is 32.1 Å². The minimum atomic E-state index is -0.138. The third kappa shape index (κ3) is 6.58. The van der Waals surface area contributed by atoms with E-state index < -0.39 is 0 Å². The summed E-state index contributed by atoms with van der Waals surface area (Å²) in [6, 6.07) is 3.65. The number of anilines is 1. The Labute approximate surface area is 127 Å². The van der Waals surface area contributed by atoms with E-state index in [4.69, 9.17) is 4.74 Å². The molecule has 1 heterocycles. The molecule has 0 radical (unpaired) electrons. The number of ether oxygens (including phenoxy) is 1. The standard InChI is InChI=1S/C16H27N3O2/c1-5-8-17-13-6-9-18-14(11-13)15(20)19-12-16(2,3)7-10-21-4/h6,9,11H,5,7-8,10,12H2,1-4H3,(H,17,18)(H,19,20). The van der Waals surface area contributed by atoms with Crippen LogP contribution in [0.2, 0.25) is 0 Å². The first-order valence-corrected chi connectivity index (χ1v) is 7.45. The van der Waals surface area contributed by atoms with Crippen LogP contribution in [0.5, 0.6) is 0 Å². The van der Waals surface area contributed by atoms with Gasteiger partial charge < -0.3 is 15.4 Å². The molecule has 1 aromatic rings. The molecule has 0 aliphatic heterocycles. The Balaban J connectivity index is 2.55. The van der Waals surface area contributed by atoms with Gasteiger partial charge in [-0.25, -0.2) is 0 Å². The highest BCUT2D eigenvalue weighted by molar-refractivity contribution is 5.93. The maximum atomic E-state index is 12.2. The summed E-state index contributed by atoms with van der Waals surface area (Å²) in [5, 5.41) is 6.20. The van der Waals surface area contributed by atoms with Gasteiger partial charge in [-0.05, 0) is 30.4 Å². The minimum Gasteiger partial charge on any atom is -0.385 e. The summed E-state index contributed by atoms with van der Waals surface area (Å²) in [6.07, 6.45) is 3.59. The van der Waals surface area contributed by atoms with Gasteiger partial charge in [0.1, 0.15) is 5.69 Å². The zero-order valence-corrected chi connectivity index (χ0v) is 13.5. The number of pyridine rings is 1. The molecule has 0 aliphatic rings. The number of nitrogens with one attached hydrogen (secondary N) is 2. The second kappa shape index (κ2) is 8.62. The van der Waals surface area contributed by atoms with Crippen molar-refractivity contribution in [3.63, 3.8) is 0 Å². The van der Waals surface area contributed by atoms with E-state index in [0.717, 1.165) is 25.1 Å². The molecule has 0 saturated carbocycles. The lowest BCUT2D eigenvalue weighted by molar-refractivity contribution is 0.0916. The van der Waals surface area contributed by atoms with Crippen molar-refractivity contribution in [1.29, 1.82) is 0 Å². The van der Waals surface area contributed by atoms with E-state index in [1.165, 1.54) is 0 Å². The normalized spacial score (nSPS) is 11.2. The molecule has 1 amide bonds. The Morgan fingerprint density at radius 2 is 2.19 bits per heavy atom. The summed E-state index contributed by atoms with van der Waals surface area (Å²) < 4.78 is 5.09. The molecule has 0 unspecified atom stereocenters. The van der Waals surface area contributed by atoms with E-state index >= 15 is 0 Å². The molecule has 0 aromatic carbocycles. The Morgan fingerprint density at radius 1 is 1.43 bits per heavy atom. The SMILES string of the molecule is CCCNc1ccnc(C(=O)NCC(C)(C)CCOC)c1. The summed E-state index contributed by atoms with van der Waals surface area (Å²) >= 11 is 0. The number of hydrogen-bond acceptors (Lipinski definition) is 4. The van der Waals surface area contributed by atoms with Gasteiger partial charge in [0, 0.05) is 38.7 Å². The number of carbonyl (C=O) groups is 1. The van der Waals surface area contributed by atoms with Crippen LogP contribution < -0.4 is 10.6 Å². The van der Waals surface area contributed by atoms with Gasteiger partial charge >= 0.3 is 0 Å². The van der Waals surface area contributed by atoms with Crippen LogP contribution in [0.3, 0.4) is 0 Å². The Bertz CT molecular complexity index is 447. The zero-order valence-electron chi connectivity index (χ0n) is 13.5. The molecule has 118 valence electrons. The van der Waals surface area contributed by atoms with Gasteiger partial charge in [0.2, 0.25) is 0 Å². The van der Waals surface area contributed by atoms with Crippen LogP contribution in [0.1, 0.15) is 44.1 Å². The van der Waals surface area contributed by atoms with Crippen LogP contribution in [0, 0.1) is 5.41 Å². The topological polar surface area (TPSA) is 63.2 Å². The minimum absolute atomic E-state index is 0.00371. The van der Waals surface area contributed by atoms with Crippen molar-refractivity contribution < 1.29 is 9.53 Å². The van der Waals surface area contributed by atoms with E-state index in [9.17, 15) is 4.79 Å². The fraction of sp³-hybridized carbons (Fsp3) is 0.625. The van der Waals surface area contributed by atoms with E-state index in [-0.39, 0.29) is 11.3 Å². The van der Waals surface area contributed by atoms with Gasteiger partial charge in [-0.1, -0.05) is 20.8 Å². The Kier molecular flexibility index (Phi) is 7.15. The molecule has 0 fully saturated rings.